The summed E-state index contributed by atoms with van der Waals surface area (Å²) in [6.07, 6.45) is 1.39. The molecule has 9 heteroatoms. The molecule has 3 rings (SSSR count). The summed E-state index contributed by atoms with van der Waals surface area (Å²) < 4.78 is 6.29. The van der Waals surface area contributed by atoms with E-state index >= 15 is 0 Å². The predicted molar refractivity (Wildman–Crippen MR) is 120 cm³/mol. The number of hydrogen-bond acceptors (Lipinski definition) is 6. The SMILES string of the molecule is CC(C)(C)OC(=O)N1CCC[C@H](O)[C@H]1C[C@H](O)CN1C=Nc2cc(Br)c(Cl)cc2C1. The van der Waals surface area contributed by atoms with Gasteiger partial charge in [-0.05, 0) is 73.7 Å². The minimum Gasteiger partial charge on any atom is -0.444 e. The van der Waals surface area contributed by atoms with Gasteiger partial charge in [-0.3, -0.25) is 0 Å². The van der Waals surface area contributed by atoms with Crippen LogP contribution >= 0.6 is 27.5 Å². The number of carbonyl (C=O) groups is 1. The van der Waals surface area contributed by atoms with E-state index < -0.39 is 29.9 Å². The summed E-state index contributed by atoms with van der Waals surface area (Å²) in [5.41, 5.74) is 1.21. The van der Waals surface area contributed by atoms with Crippen LogP contribution in [-0.2, 0) is 11.3 Å². The molecule has 1 fully saturated rings. The third-order valence-corrected chi connectivity index (χ3v) is 6.38. The van der Waals surface area contributed by atoms with E-state index in [1.807, 2.05) is 37.8 Å². The number of β-amino-alcohol motifs (C(OH)–C–C–N with tert-alkyl or cyclic N) is 1. The Balaban J connectivity index is 1.63. The maximum absolute atomic E-state index is 12.6. The minimum atomic E-state index is -0.744. The number of carbonyl (C=O) groups excluding carboxylic acids is 1. The largest absolute Gasteiger partial charge is 0.444 e. The van der Waals surface area contributed by atoms with Crippen molar-refractivity contribution >= 4 is 45.7 Å². The number of fused-ring (bicyclic) bond motifs is 1. The van der Waals surface area contributed by atoms with Gasteiger partial charge < -0.3 is 24.7 Å². The van der Waals surface area contributed by atoms with Crippen LogP contribution in [0, 0.1) is 0 Å². The van der Waals surface area contributed by atoms with Gasteiger partial charge in [-0.2, -0.15) is 0 Å². The van der Waals surface area contributed by atoms with Gasteiger partial charge >= 0.3 is 6.09 Å². The first-order chi connectivity index (χ1) is 14.0. The highest BCUT2D eigenvalue weighted by Crippen LogP contribution is 2.33. The lowest BCUT2D eigenvalue weighted by Gasteiger charge is -2.40. The number of hydrogen-bond donors (Lipinski definition) is 2. The van der Waals surface area contributed by atoms with Crippen LogP contribution in [0.1, 0.15) is 45.6 Å². The second kappa shape index (κ2) is 9.42. The van der Waals surface area contributed by atoms with Crippen LogP contribution in [0.4, 0.5) is 10.5 Å². The molecule has 0 saturated carbocycles. The Bertz CT molecular complexity index is 814. The Morgan fingerprint density at radius 2 is 2.17 bits per heavy atom. The van der Waals surface area contributed by atoms with Crippen molar-refractivity contribution in [1.29, 1.82) is 0 Å². The smallest absolute Gasteiger partial charge is 0.410 e. The van der Waals surface area contributed by atoms with Gasteiger partial charge in [0.05, 0.1) is 35.3 Å². The monoisotopic (exact) mass is 501 g/mol. The Kier molecular flexibility index (Phi) is 7.32. The van der Waals surface area contributed by atoms with Crippen molar-refractivity contribution in [2.45, 2.75) is 70.4 Å². The second-order valence-electron chi connectivity index (χ2n) is 8.91. The van der Waals surface area contributed by atoms with Crippen molar-refractivity contribution < 1.29 is 19.7 Å². The van der Waals surface area contributed by atoms with Gasteiger partial charge in [-0.15, -0.1) is 0 Å². The lowest BCUT2D eigenvalue weighted by Crippen LogP contribution is -2.54. The molecular formula is C21H29BrClN3O4. The number of amides is 1. The number of piperidine rings is 1. The van der Waals surface area contributed by atoms with Crippen LogP contribution < -0.4 is 0 Å². The number of aliphatic imine (C=N–C) groups is 1. The summed E-state index contributed by atoms with van der Waals surface area (Å²) in [6.45, 7) is 6.86. The highest BCUT2D eigenvalue weighted by molar-refractivity contribution is 9.10. The Hall–Kier alpha value is -1.35. The van der Waals surface area contributed by atoms with Gasteiger partial charge in [0, 0.05) is 24.1 Å². The molecule has 1 aromatic rings. The summed E-state index contributed by atoms with van der Waals surface area (Å²) >= 11 is 9.59. The Morgan fingerprint density at radius 3 is 2.87 bits per heavy atom. The predicted octanol–water partition coefficient (Wildman–Crippen LogP) is 4.09. The number of aliphatic hydroxyl groups excluding tert-OH is 2. The molecule has 2 aliphatic heterocycles. The number of likely N-dealkylation sites (tertiary alicyclic amines) is 1. The number of ether oxygens (including phenoxy) is 1. The Morgan fingerprint density at radius 1 is 1.43 bits per heavy atom. The third kappa shape index (κ3) is 5.87. The average Bonchev–Trinajstić information content (AvgIpc) is 2.63. The molecule has 1 amide bonds. The molecule has 0 aromatic heterocycles. The molecule has 2 aliphatic rings. The van der Waals surface area contributed by atoms with E-state index in [4.69, 9.17) is 16.3 Å². The first kappa shape index (κ1) is 23.3. The standard InChI is InChI=1S/C21H29BrClN3O4/c1-21(2,3)30-20(29)26-6-4-5-19(28)18(26)8-14(27)11-25-10-13-7-16(23)15(22)9-17(13)24-12-25/h7,9,12,14,18-19,27-28H,4-6,8,10-11H2,1-3H3/t14-,18+,19-/m0/s1. The molecule has 166 valence electrons. The quantitative estimate of drug-likeness (QED) is 0.648. The summed E-state index contributed by atoms with van der Waals surface area (Å²) in [7, 11) is 0. The number of nitrogens with zero attached hydrogens (tertiary/aromatic N) is 3. The fourth-order valence-corrected chi connectivity index (χ4v) is 4.35. The van der Waals surface area contributed by atoms with Gasteiger partial charge in [0.2, 0.25) is 0 Å². The molecule has 2 N–H and O–H groups in total. The topological polar surface area (TPSA) is 85.6 Å². The first-order valence-corrected chi connectivity index (χ1v) is 11.3. The van der Waals surface area contributed by atoms with Crippen LogP contribution in [0.25, 0.3) is 0 Å². The normalized spacial score (nSPS) is 22.6. The molecule has 1 saturated heterocycles. The number of rotatable bonds is 4. The molecule has 7 nitrogen and oxygen atoms in total. The minimum absolute atomic E-state index is 0.263. The summed E-state index contributed by atoms with van der Waals surface area (Å²) in [5.74, 6) is 0. The fraction of sp³-hybridized carbons (Fsp3) is 0.619. The molecule has 3 atom stereocenters. The van der Waals surface area contributed by atoms with Gasteiger partial charge in [0.15, 0.2) is 0 Å². The average molecular weight is 503 g/mol. The zero-order valence-corrected chi connectivity index (χ0v) is 19.9. The van der Waals surface area contributed by atoms with Crippen LogP contribution in [-0.4, -0.2) is 69.4 Å². The molecule has 0 radical (unpaired) electrons. The van der Waals surface area contributed by atoms with Crippen molar-refractivity contribution in [1.82, 2.24) is 9.80 Å². The van der Waals surface area contributed by atoms with Gasteiger partial charge in [-0.25, -0.2) is 9.79 Å². The van der Waals surface area contributed by atoms with E-state index in [9.17, 15) is 15.0 Å². The van der Waals surface area contributed by atoms with Crippen molar-refractivity contribution in [2.75, 3.05) is 13.1 Å². The molecule has 0 unspecified atom stereocenters. The van der Waals surface area contributed by atoms with E-state index in [1.165, 1.54) is 0 Å². The van der Waals surface area contributed by atoms with Crippen molar-refractivity contribution in [3.63, 3.8) is 0 Å². The lowest BCUT2D eigenvalue weighted by molar-refractivity contribution is -0.0368. The van der Waals surface area contributed by atoms with Crippen LogP contribution in [0.5, 0.6) is 0 Å². The van der Waals surface area contributed by atoms with E-state index in [1.54, 1.807) is 11.2 Å². The van der Waals surface area contributed by atoms with Crippen molar-refractivity contribution in [2.24, 2.45) is 4.99 Å². The maximum Gasteiger partial charge on any atom is 0.410 e. The molecular weight excluding hydrogens is 474 g/mol. The number of aliphatic hydroxyl groups is 2. The van der Waals surface area contributed by atoms with E-state index in [2.05, 4.69) is 20.9 Å². The van der Waals surface area contributed by atoms with Crippen LogP contribution in [0.2, 0.25) is 5.02 Å². The fourth-order valence-electron chi connectivity index (χ4n) is 3.83. The number of benzene rings is 1. The summed E-state index contributed by atoms with van der Waals surface area (Å²) in [4.78, 5) is 20.5. The van der Waals surface area contributed by atoms with Crippen molar-refractivity contribution in [3.8, 4) is 0 Å². The molecule has 0 spiro atoms. The van der Waals surface area contributed by atoms with Gasteiger partial charge in [0.25, 0.3) is 0 Å². The molecule has 1 aromatic carbocycles. The molecule has 0 bridgehead atoms. The van der Waals surface area contributed by atoms with Gasteiger partial charge in [0.1, 0.15) is 5.60 Å². The molecule has 2 heterocycles. The van der Waals surface area contributed by atoms with E-state index in [0.29, 0.717) is 37.5 Å². The van der Waals surface area contributed by atoms with Gasteiger partial charge in [-0.1, -0.05) is 11.6 Å². The maximum atomic E-state index is 12.6. The van der Waals surface area contributed by atoms with Crippen molar-refractivity contribution in [3.05, 3.63) is 27.2 Å². The second-order valence-corrected chi connectivity index (χ2v) is 10.2. The van der Waals surface area contributed by atoms with E-state index in [-0.39, 0.29) is 6.42 Å². The molecule has 30 heavy (non-hydrogen) atoms. The first-order valence-electron chi connectivity index (χ1n) is 10.2. The van der Waals surface area contributed by atoms with Crippen LogP contribution in [0.3, 0.4) is 0 Å². The van der Waals surface area contributed by atoms with E-state index in [0.717, 1.165) is 15.7 Å². The highest BCUT2D eigenvalue weighted by atomic mass is 79.9. The Labute approximate surface area is 190 Å². The molecule has 0 aliphatic carbocycles. The zero-order valence-electron chi connectivity index (χ0n) is 17.5. The zero-order chi connectivity index (χ0) is 22.1. The van der Waals surface area contributed by atoms with Crippen LogP contribution in [0.15, 0.2) is 21.6 Å². The summed E-state index contributed by atoms with van der Waals surface area (Å²) in [5, 5.41) is 21.8. The lowest BCUT2D eigenvalue weighted by atomic mass is 9.94. The number of halogens is 2. The third-order valence-electron chi connectivity index (χ3n) is 5.19. The highest BCUT2D eigenvalue weighted by Gasteiger charge is 2.37. The summed E-state index contributed by atoms with van der Waals surface area (Å²) in [6, 6.07) is 3.26.